The van der Waals surface area contributed by atoms with Gasteiger partial charge in [0.1, 0.15) is 5.82 Å². The van der Waals surface area contributed by atoms with E-state index in [1.54, 1.807) is 25.3 Å². The zero-order valence-electron chi connectivity index (χ0n) is 16.2. The summed E-state index contributed by atoms with van der Waals surface area (Å²) >= 11 is 0. The van der Waals surface area contributed by atoms with Crippen LogP contribution in [0.1, 0.15) is 19.0 Å². The third kappa shape index (κ3) is 4.75. The van der Waals surface area contributed by atoms with Crippen molar-refractivity contribution in [2.24, 2.45) is 0 Å². The summed E-state index contributed by atoms with van der Waals surface area (Å²) in [6.45, 7) is 5.16. The molecule has 0 N–H and O–H groups in total. The Morgan fingerprint density at radius 1 is 1.18 bits per heavy atom. The maximum Gasteiger partial charge on any atom is 0.306 e. The molecule has 0 unspecified atom stereocenters. The van der Waals surface area contributed by atoms with Crippen molar-refractivity contribution in [3.05, 3.63) is 52.3 Å². The molecule has 28 heavy (non-hydrogen) atoms. The number of aromatic nitrogens is 2. The van der Waals surface area contributed by atoms with Crippen molar-refractivity contribution < 1.29 is 13.9 Å². The number of hydrogen-bond acceptors (Lipinski definition) is 6. The first-order chi connectivity index (χ1) is 13.5. The number of aryl methyl sites for hydroxylation is 1. The number of hydrogen-bond donors (Lipinski definition) is 0. The number of piperazine rings is 1. The maximum absolute atomic E-state index is 13.3. The smallest absolute Gasteiger partial charge is 0.306 e. The number of ether oxygens (including phenoxy) is 1. The van der Waals surface area contributed by atoms with Crippen LogP contribution in [0.3, 0.4) is 0 Å². The monoisotopic (exact) mass is 388 g/mol. The Morgan fingerprint density at radius 3 is 2.50 bits per heavy atom. The van der Waals surface area contributed by atoms with Crippen LogP contribution in [0.15, 0.2) is 35.3 Å². The van der Waals surface area contributed by atoms with Gasteiger partial charge in [-0.05, 0) is 38.2 Å². The number of likely N-dealkylation sites (N-methyl/N-ethyl adjacent to an activating group) is 1. The molecule has 3 rings (SSSR count). The van der Waals surface area contributed by atoms with Gasteiger partial charge in [0.05, 0.1) is 18.7 Å². The van der Waals surface area contributed by atoms with E-state index in [0.717, 1.165) is 13.1 Å². The zero-order chi connectivity index (χ0) is 20.1. The molecule has 1 saturated heterocycles. The van der Waals surface area contributed by atoms with Crippen molar-refractivity contribution in [3.8, 4) is 5.69 Å². The molecule has 0 atom stereocenters. The molecule has 1 aliphatic heterocycles. The van der Waals surface area contributed by atoms with Crippen LogP contribution in [0.2, 0.25) is 0 Å². The molecule has 0 spiro atoms. The van der Waals surface area contributed by atoms with Gasteiger partial charge in [-0.3, -0.25) is 14.2 Å². The Morgan fingerprint density at radius 2 is 1.86 bits per heavy atom. The molecule has 1 aliphatic rings. The summed E-state index contributed by atoms with van der Waals surface area (Å²) in [5, 5.41) is 0. The van der Waals surface area contributed by atoms with Crippen LogP contribution >= 0.6 is 0 Å². The standard InChI is InChI=1S/C20H25FN4O3/c1-3-28-18(26)9-6-16-14-25(17-7-4-15(21)5-8-17)20(27)19(22-16)24-12-10-23(2)11-13-24/h4-5,7-8,14H,3,6,9-13H2,1-2H3. The number of benzene rings is 1. The van der Waals surface area contributed by atoms with Gasteiger partial charge in [-0.25, -0.2) is 9.37 Å². The Bertz CT molecular complexity index is 874. The topological polar surface area (TPSA) is 67.7 Å². The molecule has 0 amide bonds. The summed E-state index contributed by atoms with van der Waals surface area (Å²) in [7, 11) is 2.04. The van der Waals surface area contributed by atoms with Crippen molar-refractivity contribution in [2.45, 2.75) is 19.8 Å². The molecule has 0 bridgehead atoms. The Labute approximate surface area is 163 Å². The summed E-state index contributed by atoms with van der Waals surface area (Å²) in [6, 6.07) is 5.74. The predicted octanol–water partition coefficient (Wildman–Crippen LogP) is 1.62. The van der Waals surface area contributed by atoms with Gasteiger partial charge in [0.25, 0.3) is 5.56 Å². The average molecular weight is 388 g/mol. The minimum absolute atomic E-state index is 0.185. The molecule has 150 valence electrons. The summed E-state index contributed by atoms with van der Waals surface area (Å²) in [4.78, 5) is 33.5. The first kappa shape index (κ1) is 20.0. The molecule has 1 aromatic heterocycles. The first-order valence-corrected chi connectivity index (χ1v) is 9.45. The van der Waals surface area contributed by atoms with Crippen molar-refractivity contribution in [1.82, 2.24) is 14.5 Å². The van der Waals surface area contributed by atoms with E-state index in [1.807, 2.05) is 11.9 Å². The van der Waals surface area contributed by atoms with Gasteiger partial charge < -0.3 is 14.5 Å². The molecule has 1 fully saturated rings. The fraction of sp³-hybridized carbons (Fsp3) is 0.450. The molecule has 1 aromatic carbocycles. The largest absolute Gasteiger partial charge is 0.466 e. The number of carbonyl (C=O) groups excluding carboxylic acids is 1. The number of rotatable bonds is 6. The average Bonchev–Trinajstić information content (AvgIpc) is 2.69. The van der Waals surface area contributed by atoms with Crippen molar-refractivity contribution in [1.29, 1.82) is 0 Å². The second-order valence-electron chi connectivity index (χ2n) is 6.80. The molecular formula is C20H25FN4O3. The number of carbonyl (C=O) groups is 1. The van der Waals surface area contributed by atoms with E-state index >= 15 is 0 Å². The van der Waals surface area contributed by atoms with Crippen molar-refractivity contribution >= 4 is 11.8 Å². The molecule has 7 nitrogen and oxygen atoms in total. The number of anilines is 1. The number of esters is 1. The van der Waals surface area contributed by atoms with Crippen LogP contribution in [-0.4, -0.2) is 60.3 Å². The van der Waals surface area contributed by atoms with Crippen LogP contribution in [0, 0.1) is 5.82 Å². The third-order valence-electron chi connectivity index (χ3n) is 4.74. The normalized spacial score (nSPS) is 14.9. The predicted molar refractivity (Wildman–Crippen MR) is 104 cm³/mol. The molecule has 0 saturated carbocycles. The lowest BCUT2D eigenvalue weighted by Crippen LogP contribution is -2.47. The van der Waals surface area contributed by atoms with Crippen LogP contribution in [0.4, 0.5) is 10.2 Å². The van der Waals surface area contributed by atoms with Crippen molar-refractivity contribution in [2.75, 3.05) is 44.7 Å². The minimum Gasteiger partial charge on any atom is -0.466 e. The van der Waals surface area contributed by atoms with Gasteiger partial charge >= 0.3 is 5.97 Å². The van der Waals surface area contributed by atoms with Gasteiger partial charge in [0.2, 0.25) is 0 Å². The summed E-state index contributed by atoms with van der Waals surface area (Å²) in [6.07, 6.45) is 2.17. The third-order valence-corrected chi connectivity index (χ3v) is 4.74. The van der Waals surface area contributed by atoms with Crippen molar-refractivity contribution in [3.63, 3.8) is 0 Å². The molecule has 8 heteroatoms. The molecule has 2 aromatic rings. The van der Waals surface area contributed by atoms with Crippen LogP contribution < -0.4 is 10.5 Å². The highest BCUT2D eigenvalue weighted by atomic mass is 19.1. The molecule has 2 heterocycles. The lowest BCUT2D eigenvalue weighted by molar-refractivity contribution is -0.143. The Balaban J connectivity index is 1.96. The lowest BCUT2D eigenvalue weighted by Gasteiger charge is -2.33. The number of halogens is 1. The van der Waals surface area contributed by atoms with Gasteiger partial charge in [0.15, 0.2) is 5.82 Å². The van der Waals surface area contributed by atoms with Crippen LogP contribution in [0.25, 0.3) is 5.69 Å². The lowest BCUT2D eigenvalue weighted by atomic mass is 10.2. The van der Waals surface area contributed by atoms with Gasteiger partial charge in [-0.1, -0.05) is 0 Å². The van der Waals surface area contributed by atoms with E-state index in [2.05, 4.69) is 9.88 Å². The van der Waals surface area contributed by atoms with Gasteiger partial charge in [-0.2, -0.15) is 0 Å². The van der Waals surface area contributed by atoms with Gasteiger partial charge in [-0.15, -0.1) is 0 Å². The fourth-order valence-electron chi connectivity index (χ4n) is 3.13. The molecule has 0 radical (unpaired) electrons. The number of nitrogens with zero attached hydrogens (tertiary/aromatic N) is 4. The maximum atomic E-state index is 13.3. The fourth-order valence-corrected chi connectivity index (χ4v) is 3.13. The van der Waals surface area contributed by atoms with Crippen LogP contribution in [0.5, 0.6) is 0 Å². The highest BCUT2D eigenvalue weighted by molar-refractivity contribution is 5.69. The van der Waals surface area contributed by atoms with E-state index in [9.17, 15) is 14.0 Å². The van der Waals surface area contributed by atoms with E-state index in [0.29, 0.717) is 43.3 Å². The summed E-state index contributed by atoms with van der Waals surface area (Å²) < 4.78 is 19.8. The highest BCUT2D eigenvalue weighted by Gasteiger charge is 2.21. The molecule has 0 aliphatic carbocycles. The summed E-state index contributed by atoms with van der Waals surface area (Å²) in [5.41, 5.74) is 0.920. The SMILES string of the molecule is CCOC(=O)CCc1cn(-c2ccc(F)cc2)c(=O)c(N2CCN(C)CC2)n1. The minimum atomic E-state index is -0.368. The highest BCUT2D eigenvalue weighted by Crippen LogP contribution is 2.14. The first-order valence-electron chi connectivity index (χ1n) is 9.45. The second-order valence-corrected chi connectivity index (χ2v) is 6.80. The van der Waals surface area contributed by atoms with Gasteiger partial charge in [0, 0.05) is 44.5 Å². The van der Waals surface area contributed by atoms with E-state index in [1.165, 1.54) is 16.7 Å². The zero-order valence-corrected chi connectivity index (χ0v) is 16.2. The van der Waals surface area contributed by atoms with E-state index in [-0.39, 0.29) is 23.8 Å². The van der Waals surface area contributed by atoms with E-state index in [4.69, 9.17) is 4.74 Å². The summed E-state index contributed by atoms with van der Waals surface area (Å²) in [5.74, 6) is -0.309. The quantitative estimate of drug-likeness (QED) is 0.701. The van der Waals surface area contributed by atoms with E-state index < -0.39 is 0 Å². The second kappa shape index (κ2) is 8.97. The Kier molecular flexibility index (Phi) is 6.41. The van der Waals surface area contributed by atoms with Crippen LogP contribution in [-0.2, 0) is 16.0 Å². The molecular weight excluding hydrogens is 363 g/mol. The Hall–Kier alpha value is -2.74.